The lowest BCUT2D eigenvalue weighted by molar-refractivity contribution is -0.384. The van der Waals surface area contributed by atoms with E-state index in [4.69, 9.17) is 9.57 Å². The summed E-state index contributed by atoms with van der Waals surface area (Å²) in [6.07, 6.45) is 0. The molecule has 2 aromatic carbocycles. The molecule has 0 saturated carbocycles. The van der Waals surface area contributed by atoms with Crippen LogP contribution in [0.4, 0.5) is 5.69 Å². The van der Waals surface area contributed by atoms with Crippen LogP contribution >= 0.6 is 0 Å². The molecule has 0 N–H and O–H groups in total. The summed E-state index contributed by atoms with van der Waals surface area (Å²) in [7, 11) is 0. The molecule has 1 heterocycles. The molecule has 0 fully saturated rings. The molecule has 0 unspecified atom stereocenters. The number of nitro groups is 1. The van der Waals surface area contributed by atoms with Gasteiger partial charge in [-0.15, -0.1) is 5.06 Å². The minimum Gasteiger partial charge on any atom is -0.459 e. The average molecular weight is 384 g/mol. The Balaban J connectivity index is 1.64. The van der Waals surface area contributed by atoms with E-state index in [-0.39, 0.29) is 23.4 Å². The number of hydrogen-bond acceptors (Lipinski definition) is 7. The van der Waals surface area contributed by atoms with E-state index in [1.54, 1.807) is 12.1 Å². The van der Waals surface area contributed by atoms with Gasteiger partial charge in [-0.3, -0.25) is 19.7 Å². The van der Waals surface area contributed by atoms with Crippen LogP contribution in [0.2, 0.25) is 0 Å². The van der Waals surface area contributed by atoms with Gasteiger partial charge in [0.1, 0.15) is 6.61 Å². The fourth-order valence-corrected chi connectivity index (χ4v) is 2.55. The molecule has 1 aliphatic rings. The summed E-state index contributed by atoms with van der Waals surface area (Å²) in [4.78, 5) is 52.6. The van der Waals surface area contributed by atoms with E-state index < -0.39 is 28.3 Å². The molecule has 0 radical (unpaired) electrons. The highest BCUT2D eigenvalue weighted by Gasteiger charge is 2.43. The summed E-state index contributed by atoms with van der Waals surface area (Å²) in [6, 6.07) is 11.8. The molecule has 2 amide bonds. The summed E-state index contributed by atoms with van der Waals surface area (Å²) < 4.78 is 5.17. The van der Waals surface area contributed by atoms with Gasteiger partial charge in [0, 0.05) is 12.1 Å². The SMILES string of the molecule is CC(C)(ON1C(=O)c2ccccc2C1=O)C(=O)OCc1ccc([N+](=O)[O-])cc1. The first kappa shape index (κ1) is 19.2. The number of non-ortho nitro benzene ring substituents is 1. The summed E-state index contributed by atoms with van der Waals surface area (Å²) in [6.45, 7) is 2.59. The van der Waals surface area contributed by atoms with Crippen molar-refractivity contribution in [2.45, 2.75) is 26.1 Å². The van der Waals surface area contributed by atoms with Gasteiger partial charge in [0.15, 0.2) is 5.60 Å². The fraction of sp³-hybridized carbons (Fsp3) is 0.211. The molecular weight excluding hydrogens is 368 g/mol. The third-order valence-electron chi connectivity index (χ3n) is 4.08. The molecule has 0 saturated heterocycles. The third kappa shape index (κ3) is 3.60. The van der Waals surface area contributed by atoms with E-state index in [1.165, 1.54) is 50.2 Å². The molecule has 3 rings (SSSR count). The predicted octanol–water partition coefficient (Wildman–Crippen LogP) is 2.64. The van der Waals surface area contributed by atoms with Crippen molar-refractivity contribution >= 4 is 23.5 Å². The lowest BCUT2D eigenvalue weighted by Gasteiger charge is -2.26. The Bertz CT molecular complexity index is 932. The number of hydrogen-bond donors (Lipinski definition) is 0. The second-order valence-electron chi connectivity index (χ2n) is 6.55. The molecule has 0 spiro atoms. The number of carbonyl (C=O) groups is 3. The Kier molecular flexibility index (Phi) is 4.93. The van der Waals surface area contributed by atoms with Gasteiger partial charge in [-0.2, -0.15) is 0 Å². The molecule has 0 aromatic heterocycles. The summed E-state index contributed by atoms with van der Waals surface area (Å²) in [5.74, 6) is -2.11. The first-order chi connectivity index (χ1) is 13.2. The maximum absolute atomic E-state index is 12.4. The van der Waals surface area contributed by atoms with Crippen LogP contribution in [-0.4, -0.2) is 33.4 Å². The van der Waals surface area contributed by atoms with Crippen LogP contribution in [0.3, 0.4) is 0 Å². The van der Waals surface area contributed by atoms with Gasteiger partial charge in [0.05, 0.1) is 16.1 Å². The predicted molar refractivity (Wildman–Crippen MR) is 95.0 cm³/mol. The van der Waals surface area contributed by atoms with Crippen LogP contribution in [0.15, 0.2) is 48.5 Å². The van der Waals surface area contributed by atoms with E-state index in [1.807, 2.05) is 0 Å². The second-order valence-corrected chi connectivity index (χ2v) is 6.55. The van der Waals surface area contributed by atoms with Crippen molar-refractivity contribution in [1.29, 1.82) is 0 Å². The van der Waals surface area contributed by atoms with Crippen LogP contribution in [0, 0.1) is 10.1 Å². The lowest BCUT2D eigenvalue weighted by atomic mass is 10.1. The lowest BCUT2D eigenvalue weighted by Crippen LogP contribution is -2.45. The van der Waals surface area contributed by atoms with Crippen molar-refractivity contribution in [3.05, 3.63) is 75.3 Å². The Hall–Kier alpha value is -3.59. The van der Waals surface area contributed by atoms with Crippen LogP contribution in [0.5, 0.6) is 0 Å². The molecular formula is C19H16N2O7. The van der Waals surface area contributed by atoms with Crippen molar-refractivity contribution in [3.63, 3.8) is 0 Å². The Morgan fingerprint density at radius 2 is 1.57 bits per heavy atom. The van der Waals surface area contributed by atoms with Gasteiger partial charge in [-0.1, -0.05) is 12.1 Å². The van der Waals surface area contributed by atoms with Crippen molar-refractivity contribution in [2.24, 2.45) is 0 Å². The number of fused-ring (bicyclic) bond motifs is 1. The minimum atomic E-state index is -1.62. The van der Waals surface area contributed by atoms with E-state index in [0.29, 0.717) is 10.6 Å². The number of nitro benzene ring substituents is 1. The molecule has 0 atom stereocenters. The Morgan fingerprint density at radius 3 is 2.07 bits per heavy atom. The molecule has 28 heavy (non-hydrogen) atoms. The molecule has 2 aromatic rings. The highest BCUT2D eigenvalue weighted by molar-refractivity contribution is 6.20. The van der Waals surface area contributed by atoms with Gasteiger partial charge >= 0.3 is 5.97 Å². The first-order valence-electron chi connectivity index (χ1n) is 8.28. The van der Waals surface area contributed by atoms with Crippen LogP contribution in [-0.2, 0) is 21.0 Å². The second kappa shape index (κ2) is 7.20. The summed E-state index contributed by atoms with van der Waals surface area (Å²) in [5, 5.41) is 11.2. The molecule has 144 valence electrons. The number of hydroxylamine groups is 2. The minimum absolute atomic E-state index is 0.0793. The van der Waals surface area contributed by atoms with Crippen molar-refractivity contribution in [1.82, 2.24) is 5.06 Å². The van der Waals surface area contributed by atoms with Crippen LogP contribution < -0.4 is 0 Å². The first-order valence-corrected chi connectivity index (χ1v) is 8.28. The van der Waals surface area contributed by atoms with Gasteiger partial charge < -0.3 is 4.74 Å². The van der Waals surface area contributed by atoms with E-state index >= 15 is 0 Å². The number of esters is 1. The van der Waals surface area contributed by atoms with Gasteiger partial charge in [-0.25, -0.2) is 9.63 Å². The summed E-state index contributed by atoms with van der Waals surface area (Å²) >= 11 is 0. The van der Waals surface area contributed by atoms with Crippen molar-refractivity contribution in [2.75, 3.05) is 0 Å². The Morgan fingerprint density at radius 1 is 1.04 bits per heavy atom. The maximum atomic E-state index is 12.4. The van der Waals surface area contributed by atoms with E-state index in [0.717, 1.165) is 0 Å². The standard InChI is InChI=1S/C19H16N2O7/c1-19(2,18(24)27-11-12-7-9-13(10-8-12)21(25)26)28-20-16(22)14-5-3-4-6-15(14)17(20)23/h3-10H,11H2,1-2H3. The zero-order valence-corrected chi connectivity index (χ0v) is 15.1. The number of nitrogens with zero attached hydrogens (tertiary/aromatic N) is 2. The highest BCUT2D eigenvalue weighted by Crippen LogP contribution is 2.26. The van der Waals surface area contributed by atoms with Crippen LogP contribution in [0.25, 0.3) is 0 Å². The zero-order chi connectivity index (χ0) is 20.5. The number of ether oxygens (including phenoxy) is 1. The summed E-state index contributed by atoms with van der Waals surface area (Å²) in [5.41, 5.74) is -0.765. The molecule has 0 aliphatic carbocycles. The Labute approximate surface area is 159 Å². The number of carbonyl (C=O) groups excluding carboxylic acids is 3. The largest absolute Gasteiger partial charge is 0.459 e. The quantitative estimate of drug-likeness (QED) is 0.325. The van der Waals surface area contributed by atoms with Gasteiger partial charge in [0.2, 0.25) is 0 Å². The average Bonchev–Trinajstić information content (AvgIpc) is 2.91. The number of imide groups is 1. The third-order valence-corrected chi connectivity index (χ3v) is 4.08. The maximum Gasteiger partial charge on any atom is 0.340 e. The molecule has 9 nitrogen and oxygen atoms in total. The normalized spacial score (nSPS) is 13.4. The zero-order valence-electron chi connectivity index (χ0n) is 15.1. The van der Waals surface area contributed by atoms with E-state index in [9.17, 15) is 24.5 Å². The number of rotatable bonds is 6. The van der Waals surface area contributed by atoms with Gasteiger partial charge in [0.25, 0.3) is 17.5 Å². The monoisotopic (exact) mass is 384 g/mol. The topological polar surface area (TPSA) is 116 Å². The number of benzene rings is 2. The van der Waals surface area contributed by atoms with Crippen molar-refractivity contribution < 1.29 is 28.9 Å². The van der Waals surface area contributed by atoms with Crippen LogP contribution in [0.1, 0.15) is 40.1 Å². The van der Waals surface area contributed by atoms with Gasteiger partial charge in [-0.05, 0) is 43.7 Å². The number of amides is 2. The highest BCUT2D eigenvalue weighted by atomic mass is 16.7. The molecule has 1 aliphatic heterocycles. The molecule has 0 bridgehead atoms. The van der Waals surface area contributed by atoms with Crippen molar-refractivity contribution in [3.8, 4) is 0 Å². The van der Waals surface area contributed by atoms with E-state index in [2.05, 4.69) is 0 Å². The molecule has 9 heteroatoms. The fourth-order valence-electron chi connectivity index (χ4n) is 2.55. The smallest absolute Gasteiger partial charge is 0.340 e.